The van der Waals surface area contributed by atoms with Gasteiger partial charge in [0, 0.05) is 32.5 Å². The van der Waals surface area contributed by atoms with E-state index in [1.165, 1.54) is 22.3 Å². The zero-order valence-electron chi connectivity index (χ0n) is 17.3. The molecule has 1 rings (SSSR count). The summed E-state index contributed by atoms with van der Waals surface area (Å²) in [6.45, 7) is 12.8. The van der Waals surface area contributed by atoms with E-state index in [2.05, 4.69) is 52.1 Å². The molecular formula is C22H36N2O2. The molecule has 0 atom stereocenters. The van der Waals surface area contributed by atoms with E-state index in [1.807, 2.05) is 4.90 Å². The van der Waals surface area contributed by atoms with Gasteiger partial charge < -0.3 is 10.2 Å². The van der Waals surface area contributed by atoms with E-state index < -0.39 is 0 Å². The maximum Gasteiger partial charge on any atom is 0.222 e. The number of hydrogen-bond donors (Lipinski definition) is 1. The van der Waals surface area contributed by atoms with Gasteiger partial charge in [0.2, 0.25) is 11.8 Å². The van der Waals surface area contributed by atoms with Crippen molar-refractivity contribution in [2.45, 2.75) is 73.1 Å². The average molecular weight is 361 g/mol. The fourth-order valence-corrected chi connectivity index (χ4v) is 3.48. The molecule has 26 heavy (non-hydrogen) atoms. The lowest BCUT2D eigenvalue weighted by molar-refractivity contribution is -0.131. The van der Waals surface area contributed by atoms with Gasteiger partial charge in [-0.3, -0.25) is 9.59 Å². The maximum atomic E-state index is 12.2. The van der Waals surface area contributed by atoms with Gasteiger partial charge in [0.05, 0.1) is 0 Å². The highest BCUT2D eigenvalue weighted by Gasteiger charge is 2.12. The second-order valence-electron chi connectivity index (χ2n) is 7.21. The van der Waals surface area contributed by atoms with Crippen molar-refractivity contribution in [2.75, 3.05) is 19.6 Å². The zero-order chi connectivity index (χ0) is 19.5. The molecule has 0 heterocycles. The minimum Gasteiger partial charge on any atom is -0.356 e. The summed E-state index contributed by atoms with van der Waals surface area (Å²) >= 11 is 0. The Labute approximate surface area is 159 Å². The van der Waals surface area contributed by atoms with Crippen LogP contribution in [0.4, 0.5) is 0 Å². The van der Waals surface area contributed by atoms with Crippen LogP contribution in [-0.4, -0.2) is 36.3 Å². The summed E-state index contributed by atoms with van der Waals surface area (Å²) < 4.78 is 0. The Hall–Kier alpha value is -1.84. The third-order valence-electron chi connectivity index (χ3n) is 4.67. The largest absolute Gasteiger partial charge is 0.356 e. The lowest BCUT2D eigenvalue weighted by Crippen LogP contribution is -2.32. The predicted molar refractivity (Wildman–Crippen MR) is 108 cm³/mol. The molecule has 0 bridgehead atoms. The molecule has 0 aliphatic heterocycles. The van der Waals surface area contributed by atoms with Gasteiger partial charge in [0.1, 0.15) is 0 Å². The summed E-state index contributed by atoms with van der Waals surface area (Å²) in [5, 5.41) is 2.99. The molecule has 0 fully saturated rings. The topological polar surface area (TPSA) is 49.4 Å². The van der Waals surface area contributed by atoms with Gasteiger partial charge in [0.25, 0.3) is 0 Å². The summed E-state index contributed by atoms with van der Waals surface area (Å²) in [5.41, 5.74) is 5.17. The first-order valence-corrected chi connectivity index (χ1v) is 10.00. The molecule has 0 saturated heterocycles. The third-order valence-corrected chi connectivity index (χ3v) is 4.67. The molecule has 1 aromatic rings. The minimum absolute atomic E-state index is 0.0396. The highest BCUT2D eigenvalue weighted by Crippen LogP contribution is 2.16. The van der Waals surface area contributed by atoms with Crippen LogP contribution in [0.15, 0.2) is 12.1 Å². The predicted octanol–water partition coefficient (Wildman–Crippen LogP) is 4.09. The molecule has 0 unspecified atom stereocenters. The summed E-state index contributed by atoms with van der Waals surface area (Å²) in [5.74, 6) is 0.213. The zero-order valence-corrected chi connectivity index (χ0v) is 17.3. The highest BCUT2D eigenvalue weighted by molar-refractivity contribution is 5.79. The quantitative estimate of drug-likeness (QED) is 0.646. The van der Waals surface area contributed by atoms with E-state index in [-0.39, 0.29) is 11.8 Å². The van der Waals surface area contributed by atoms with Crippen molar-refractivity contribution in [1.29, 1.82) is 0 Å². The number of aryl methyl sites for hydroxylation is 3. The number of nitrogens with zero attached hydrogens (tertiary/aromatic N) is 1. The lowest BCUT2D eigenvalue weighted by Gasteiger charge is -2.21. The van der Waals surface area contributed by atoms with Crippen molar-refractivity contribution >= 4 is 11.8 Å². The van der Waals surface area contributed by atoms with Gasteiger partial charge in [-0.05, 0) is 63.1 Å². The first-order chi connectivity index (χ1) is 12.4. The summed E-state index contributed by atoms with van der Waals surface area (Å²) in [7, 11) is 0. The molecular weight excluding hydrogens is 324 g/mol. The van der Waals surface area contributed by atoms with Crippen LogP contribution in [0.2, 0.25) is 0 Å². The Morgan fingerprint density at radius 2 is 1.54 bits per heavy atom. The van der Waals surface area contributed by atoms with Gasteiger partial charge in [-0.25, -0.2) is 0 Å². The number of benzene rings is 1. The Balaban J connectivity index is 2.32. The molecule has 0 aromatic heterocycles. The Morgan fingerprint density at radius 3 is 2.08 bits per heavy atom. The SMILES string of the molecule is CCCN(CCC)C(=O)CCCC(=O)NCCc1c(C)cc(C)cc1C. The standard InChI is InChI=1S/C22H36N2O2/c1-6-13-24(14-7-2)22(26)10-8-9-21(25)23-12-11-20-18(4)15-17(3)16-19(20)5/h15-16H,6-14H2,1-5H3,(H,23,25). The molecule has 2 amide bonds. The van der Waals surface area contributed by atoms with Gasteiger partial charge >= 0.3 is 0 Å². The van der Waals surface area contributed by atoms with Crippen LogP contribution in [0.1, 0.15) is 68.2 Å². The van der Waals surface area contributed by atoms with E-state index in [0.717, 1.165) is 32.4 Å². The minimum atomic E-state index is 0.0396. The Morgan fingerprint density at radius 1 is 0.962 bits per heavy atom. The van der Waals surface area contributed by atoms with Crippen LogP contribution in [0.3, 0.4) is 0 Å². The van der Waals surface area contributed by atoms with Crippen molar-refractivity contribution < 1.29 is 9.59 Å². The summed E-state index contributed by atoms with van der Waals surface area (Å²) in [4.78, 5) is 26.1. The molecule has 1 N–H and O–H groups in total. The second-order valence-corrected chi connectivity index (χ2v) is 7.21. The van der Waals surface area contributed by atoms with E-state index in [1.54, 1.807) is 0 Å². The molecule has 0 aliphatic rings. The van der Waals surface area contributed by atoms with Crippen LogP contribution in [0.5, 0.6) is 0 Å². The first-order valence-electron chi connectivity index (χ1n) is 10.00. The fourth-order valence-electron chi connectivity index (χ4n) is 3.48. The van der Waals surface area contributed by atoms with E-state index in [9.17, 15) is 9.59 Å². The van der Waals surface area contributed by atoms with Crippen LogP contribution in [0, 0.1) is 20.8 Å². The number of hydrogen-bond acceptors (Lipinski definition) is 2. The summed E-state index contributed by atoms with van der Waals surface area (Å²) in [6.07, 6.45) is 4.31. The van der Waals surface area contributed by atoms with Gasteiger partial charge in [-0.1, -0.05) is 31.5 Å². The van der Waals surface area contributed by atoms with Crippen molar-refractivity contribution in [3.63, 3.8) is 0 Å². The van der Waals surface area contributed by atoms with Gasteiger partial charge in [0.15, 0.2) is 0 Å². The molecule has 0 aliphatic carbocycles. The molecule has 4 nitrogen and oxygen atoms in total. The molecule has 0 saturated carbocycles. The van der Waals surface area contributed by atoms with E-state index >= 15 is 0 Å². The smallest absolute Gasteiger partial charge is 0.222 e. The van der Waals surface area contributed by atoms with Crippen LogP contribution < -0.4 is 5.32 Å². The fraction of sp³-hybridized carbons (Fsp3) is 0.636. The normalized spacial score (nSPS) is 10.7. The number of nitrogens with one attached hydrogen (secondary N) is 1. The molecule has 146 valence electrons. The van der Waals surface area contributed by atoms with Crippen molar-refractivity contribution in [1.82, 2.24) is 10.2 Å². The van der Waals surface area contributed by atoms with Crippen LogP contribution in [-0.2, 0) is 16.0 Å². The number of carbonyl (C=O) groups is 2. The average Bonchev–Trinajstić information content (AvgIpc) is 2.56. The van der Waals surface area contributed by atoms with Gasteiger partial charge in [-0.15, -0.1) is 0 Å². The van der Waals surface area contributed by atoms with E-state index in [4.69, 9.17) is 0 Å². The van der Waals surface area contributed by atoms with Gasteiger partial charge in [-0.2, -0.15) is 0 Å². The van der Waals surface area contributed by atoms with Crippen molar-refractivity contribution in [3.8, 4) is 0 Å². The Bertz CT molecular complexity index is 567. The lowest BCUT2D eigenvalue weighted by atomic mass is 9.97. The number of rotatable bonds is 11. The second kappa shape index (κ2) is 11.7. The number of carbonyl (C=O) groups excluding carboxylic acids is 2. The van der Waals surface area contributed by atoms with Crippen LogP contribution in [0.25, 0.3) is 0 Å². The molecule has 1 aromatic carbocycles. The molecule has 4 heteroatoms. The summed E-state index contributed by atoms with van der Waals surface area (Å²) in [6, 6.07) is 4.38. The maximum absolute atomic E-state index is 12.2. The number of amides is 2. The monoisotopic (exact) mass is 360 g/mol. The molecule has 0 radical (unpaired) electrons. The van der Waals surface area contributed by atoms with Crippen molar-refractivity contribution in [2.24, 2.45) is 0 Å². The van der Waals surface area contributed by atoms with Crippen molar-refractivity contribution in [3.05, 3.63) is 34.4 Å². The van der Waals surface area contributed by atoms with Crippen LogP contribution >= 0.6 is 0 Å². The third kappa shape index (κ3) is 7.59. The Kier molecular flexibility index (Phi) is 10.0. The highest BCUT2D eigenvalue weighted by atomic mass is 16.2. The van der Waals surface area contributed by atoms with E-state index in [0.29, 0.717) is 25.8 Å². The molecule has 0 spiro atoms. The first kappa shape index (κ1) is 22.2.